The van der Waals surface area contributed by atoms with Crippen LogP contribution in [0, 0.1) is 0 Å². The minimum absolute atomic E-state index is 0.000744. The average Bonchev–Trinajstić information content (AvgIpc) is 2.75. The van der Waals surface area contributed by atoms with Gasteiger partial charge in [0.1, 0.15) is 5.58 Å². The molecular formula is C15H16O4. The number of furan rings is 1. The maximum atomic E-state index is 11.2. The first-order valence-electron chi connectivity index (χ1n) is 6.50. The molecule has 4 nitrogen and oxygen atoms in total. The largest absolute Gasteiger partial charge is 0.475 e. The van der Waals surface area contributed by atoms with E-state index in [0.29, 0.717) is 11.1 Å². The quantitative estimate of drug-likeness (QED) is 0.920. The summed E-state index contributed by atoms with van der Waals surface area (Å²) in [6, 6.07) is 4.07. The lowest BCUT2D eigenvalue weighted by molar-refractivity contribution is 0.0658. The van der Waals surface area contributed by atoms with Crippen LogP contribution in [-0.2, 0) is 24.2 Å². The van der Waals surface area contributed by atoms with Crippen molar-refractivity contribution in [2.45, 2.75) is 32.3 Å². The third kappa shape index (κ3) is 2.02. The number of carbonyl (C=O) groups is 1. The number of ether oxygens (including phenoxy) is 1. The van der Waals surface area contributed by atoms with Gasteiger partial charge in [-0.25, -0.2) is 4.79 Å². The Balaban J connectivity index is 2.23. The Labute approximate surface area is 111 Å². The summed E-state index contributed by atoms with van der Waals surface area (Å²) in [5.74, 6) is -1.04. The Hall–Kier alpha value is -1.81. The number of fused-ring (bicyclic) bond motifs is 2. The van der Waals surface area contributed by atoms with E-state index in [2.05, 4.69) is 6.07 Å². The molecule has 0 unspecified atom stereocenters. The number of hydrogen-bond donors (Lipinski definition) is 1. The Morgan fingerprint density at radius 1 is 1.32 bits per heavy atom. The van der Waals surface area contributed by atoms with E-state index in [9.17, 15) is 9.90 Å². The SMILES string of the molecule is COCc1c(C(=O)O)oc2cc3c(cc12)CCCC3. The molecule has 3 rings (SSSR count). The van der Waals surface area contributed by atoms with Crippen LogP contribution in [0.5, 0.6) is 0 Å². The molecule has 19 heavy (non-hydrogen) atoms. The highest BCUT2D eigenvalue weighted by atomic mass is 16.5. The lowest BCUT2D eigenvalue weighted by Gasteiger charge is -2.15. The molecular weight excluding hydrogens is 244 g/mol. The zero-order valence-corrected chi connectivity index (χ0v) is 10.9. The molecule has 1 aliphatic rings. The van der Waals surface area contributed by atoms with Gasteiger partial charge in [0.25, 0.3) is 0 Å². The highest BCUT2D eigenvalue weighted by Crippen LogP contribution is 2.32. The van der Waals surface area contributed by atoms with E-state index >= 15 is 0 Å². The molecule has 1 N–H and O–H groups in total. The molecule has 0 saturated heterocycles. The van der Waals surface area contributed by atoms with E-state index < -0.39 is 5.97 Å². The van der Waals surface area contributed by atoms with Gasteiger partial charge in [-0.05, 0) is 48.9 Å². The van der Waals surface area contributed by atoms with Crippen molar-refractivity contribution >= 4 is 16.9 Å². The minimum atomic E-state index is -1.04. The molecule has 0 radical (unpaired) electrons. The van der Waals surface area contributed by atoms with Crippen LogP contribution >= 0.6 is 0 Å². The van der Waals surface area contributed by atoms with Crippen LogP contribution in [0.4, 0.5) is 0 Å². The molecule has 2 aromatic rings. The lowest BCUT2D eigenvalue weighted by atomic mass is 9.90. The average molecular weight is 260 g/mol. The van der Waals surface area contributed by atoms with Crippen molar-refractivity contribution in [3.05, 3.63) is 34.6 Å². The predicted octanol–water partition coefficient (Wildman–Crippen LogP) is 3.16. The van der Waals surface area contributed by atoms with Crippen molar-refractivity contribution in [2.24, 2.45) is 0 Å². The van der Waals surface area contributed by atoms with Gasteiger partial charge in [0.05, 0.1) is 6.61 Å². The van der Waals surface area contributed by atoms with Gasteiger partial charge in [0.2, 0.25) is 5.76 Å². The van der Waals surface area contributed by atoms with Crippen molar-refractivity contribution in [1.29, 1.82) is 0 Å². The first-order valence-corrected chi connectivity index (χ1v) is 6.50. The third-order valence-corrected chi connectivity index (χ3v) is 3.74. The molecule has 1 aromatic carbocycles. The number of aromatic carboxylic acids is 1. The third-order valence-electron chi connectivity index (χ3n) is 3.74. The molecule has 0 bridgehead atoms. The molecule has 0 atom stereocenters. The zero-order chi connectivity index (χ0) is 13.4. The first kappa shape index (κ1) is 12.2. The van der Waals surface area contributed by atoms with Crippen molar-refractivity contribution in [3.8, 4) is 0 Å². The smallest absolute Gasteiger partial charge is 0.372 e. The highest BCUT2D eigenvalue weighted by molar-refractivity contribution is 5.95. The Kier molecular flexibility index (Phi) is 3.03. The summed E-state index contributed by atoms with van der Waals surface area (Å²) >= 11 is 0. The lowest BCUT2D eigenvalue weighted by Crippen LogP contribution is -2.02. The number of carboxylic acids is 1. The van der Waals surface area contributed by atoms with E-state index in [1.807, 2.05) is 6.07 Å². The number of carboxylic acid groups (broad SMARTS) is 1. The van der Waals surface area contributed by atoms with E-state index in [1.54, 1.807) is 7.11 Å². The van der Waals surface area contributed by atoms with Crippen LogP contribution in [0.2, 0.25) is 0 Å². The van der Waals surface area contributed by atoms with E-state index in [4.69, 9.17) is 9.15 Å². The Morgan fingerprint density at radius 2 is 2.00 bits per heavy atom. The van der Waals surface area contributed by atoms with Gasteiger partial charge in [0, 0.05) is 18.1 Å². The molecule has 1 aliphatic carbocycles. The Bertz CT molecular complexity index is 639. The van der Waals surface area contributed by atoms with Crippen molar-refractivity contribution in [1.82, 2.24) is 0 Å². The van der Waals surface area contributed by atoms with Gasteiger partial charge in [-0.3, -0.25) is 0 Å². The fraction of sp³-hybridized carbons (Fsp3) is 0.400. The Morgan fingerprint density at radius 3 is 2.63 bits per heavy atom. The van der Waals surface area contributed by atoms with Gasteiger partial charge < -0.3 is 14.3 Å². The van der Waals surface area contributed by atoms with Gasteiger partial charge in [-0.15, -0.1) is 0 Å². The monoisotopic (exact) mass is 260 g/mol. The maximum Gasteiger partial charge on any atom is 0.372 e. The van der Waals surface area contributed by atoms with Crippen LogP contribution < -0.4 is 0 Å². The molecule has 1 heterocycles. The van der Waals surface area contributed by atoms with Gasteiger partial charge in [-0.2, -0.15) is 0 Å². The zero-order valence-electron chi connectivity index (χ0n) is 10.9. The maximum absolute atomic E-state index is 11.2. The number of aryl methyl sites for hydroxylation is 2. The van der Waals surface area contributed by atoms with E-state index in [1.165, 1.54) is 24.0 Å². The summed E-state index contributed by atoms with van der Waals surface area (Å²) in [4.78, 5) is 11.2. The fourth-order valence-corrected chi connectivity index (χ4v) is 2.84. The van der Waals surface area contributed by atoms with Crippen LogP contribution in [0.1, 0.15) is 40.1 Å². The molecule has 4 heteroatoms. The second kappa shape index (κ2) is 4.70. The van der Waals surface area contributed by atoms with Crippen LogP contribution in [-0.4, -0.2) is 18.2 Å². The second-order valence-electron chi connectivity index (χ2n) is 4.97. The van der Waals surface area contributed by atoms with Gasteiger partial charge >= 0.3 is 5.97 Å². The topological polar surface area (TPSA) is 59.7 Å². The fourth-order valence-electron chi connectivity index (χ4n) is 2.84. The molecule has 0 fully saturated rings. The molecule has 0 amide bonds. The summed E-state index contributed by atoms with van der Waals surface area (Å²) in [5.41, 5.74) is 3.89. The summed E-state index contributed by atoms with van der Waals surface area (Å²) in [6.45, 7) is 0.257. The number of benzene rings is 1. The number of methoxy groups -OCH3 is 1. The van der Waals surface area contributed by atoms with Crippen LogP contribution in [0.25, 0.3) is 11.0 Å². The summed E-state index contributed by atoms with van der Waals surface area (Å²) < 4.78 is 10.6. The molecule has 1 aromatic heterocycles. The summed E-state index contributed by atoms with van der Waals surface area (Å²) in [7, 11) is 1.56. The number of rotatable bonds is 3. The van der Waals surface area contributed by atoms with E-state index in [0.717, 1.165) is 18.2 Å². The van der Waals surface area contributed by atoms with Crippen molar-refractivity contribution < 1.29 is 19.1 Å². The number of hydrogen-bond acceptors (Lipinski definition) is 3. The van der Waals surface area contributed by atoms with Crippen molar-refractivity contribution in [3.63, 3.8) is 0 Å². The van der Waals surface area contributed by atoms with E-state index in [-0.39, 0.29) is 12.4 Å². The van der Waals surface area contributed by atoms with Gasteiger partial charge in [-0.1, -0.05) is 0 Å². The molecule has 100 valence electrons. The van der Waals surface area contributed by atoms with Crippen molar-refractivity contribution in [2.75, 3.05) is 7.11 Å². The van der Waals surface area contributed by atoms with Gasteiger partial charge in [0.15, 0.2) is 0 Å². The summed E-state index contributed by atoms with van der Waals surface area (Å²) in [6.07, 6.45) is 4.50. The van der Waals surface area contributed by atoms with Crippen LogP contribution in [0.3, 0.4) is 0 Å². The minimum Gasteiger partial charge on any atom is -0.475 e. The standard InChI is InChI=1S/C15H16O4/c1-18-8-12-11-6-9-4-2-3-5-10(9)7-13(11)19-14(12)15(16)17/h6-7H,2-5,8H2,1H3,(H,16,17). The molecule has 0 spiro atoms. The second-order valence-corrected chi connectivity index (χ2v) is 4.97. The summed E-state index contributed by atoms with van der Waals surface area (Å²) in [5, 5.41) is 10.1. The molecule has 0 aliphatic heterocycles. The molecule has 0 saturated carbocycles. The van der Waals surface area contributed by atoms with Crippen LogP contribution in [0.15, 0.2) is 16.5 Å². The predicted molar refractivity (Wildman–Crippen MR) is 70.5 cm³/mol. The normalized spacial score (nSPS) is 14.6. The highest BCUT2D eigenvalue weighted by Gasteiger charge is 2.22. The first-order chi connectivity index (χ1) is 9.20.